The summed E-state index contributed by atoms with van der Waals surface area (Å²) in [5.74, 6) is -1.52. The Balaban J connectivity index is 2.15. The molecule has 106 valence electrons. The molecule has 0 bridgehead atoms. The van der Waals surface area contributed by atoms with Crippen molar-refractivity contribution in [3.8, 4) is 0 Å². The first-order valence-electron chi connectivity index (χ1n) is 6.44. The third-order valence-electron chi connectivity index (χ3n) is 3.30. The summed E-state index contributed by atoms with van der Waals surface area (Å²) < 4.78 is 40.2. The molecule has 0 saturated heterocycles. The van der Waals surface area contributed by atoms with Crippen LogP contribution in [-0.4, -0.2) is 0 Å². The van der Waals surface area contributed by atoms with Crippen molar-refractivity contribution in [1.29, 1.82) is 0 Å². The lowest BCUT2D eigenvalue weighted by molar-refractivity contribution is 0.456. The minimum Gasteiger partial charge on any atom is -0.303 e. The van der Waals surface area contributed by atoms with Gasteiger partial charge in [0.05, 0.1) is 0 Å². The quantitative estimate of drug-likeness (QED) is 0.868. The van der Waals surface area contributed by atoms with E-state index in [1.807, 2.05) is 0 Å². The van der Waals surface area contributed by atoms with Crippen molar-refractivity contribution in [1.82, 2.24) is 5.32 Å². The molecule has 0 aliphatic carbocycles. The van der Waals surface area contributed by atoms with Gasteiger partial charge in [-0.05, 0) is 26.0 Å². The van der Waals surface area contributed by atoms with Gasteiger partial charge in [-0.15, -0.1) is 0 Å². The van der Waals surface area contributed by atoms with Crippen LogP contribution >= 0.6 is 0 Å². The summed E-state index contributed by atoms with van der Waals surface area (Å²) in [6.07, 6.45) is 0. The number of halogens is 3. The van der Waals surface area contributed by atoms with Gasteiger partial charge in [0.1, 0.15) is 17.5 Å². The van der Waals surface area contributed by atoms with Gasteiger partial charge in [0.15, 0.2) is 0 Å². The van der Waals surface area contributed by atoms with E-state index in [2.05, 4.69) is 5.32 Å². The van der Waals surface area contributed by atoms with Gasteiger partial charge in [-0.2, -0.15) is 0 Å². The average molecular weight is 279 g/mol. The van der Waals surface area contributed by atoms with Gasteiger partial charge in [0.25, 0.3) is 0 Å². The minimum absolute atomic E-state index is 0.282. The Hall–Kier alpha value is -1.81. The largest absolute Gasteiger partial charge is 0.303 e. The van der Waals surface area contributed by atoms with Gasteiger partial charge in [0.2, 0.25) is 0 Å². The molecule has 0 amide bonds. The van der Waals surface area contributed by atoms with Gasteiger partial charge in [-0.3, -0.25) is 0 Å². The van der Waals surface area contributed by atoms with Crippen LogP contribution in [0.3, 0.4) is 0 Å². The fourth-order valence-corrected chi connectivity index (χ4v) is 2.23. The molecule has 2 rings (SSSR count). The number of hydrogen-bond donors (Lipinski definition) is 1. The molecule has 0 saturated carbocycles. The van der Waals surface area contributed by atoms with E-state index < -0.39 is 11.6 Å². The molecular formula is C16H16F3N. The van der Waals surface area contributed by atoms with Crippen molar-refractivity contribution >= 4 is 0 Å². The standard InChI is InChI=1S/C16H16F3N/c1-10(13-5-3-4-6-15(13)18)20-11(2)14-8-7-12(17)9-16(14)19/h3-11,20H,1-2H3. The lowest BCUT2D eigenvalue weighted by Crippen LogP contribution is -2.24. The van der Waals surface area contributed by atoms with Crippen molar-refractivity contribution in [2.75, 3.05) is 0 Å². The highest BCUT2D eigenvalue weighted by Gasteiger charge is 2.16. The summed E-state index contributed by atoms with van der Waals surface area (Å²) in [5, 5.41) is 3.11. The lowest BCUT2D eigenvalue weighted by Gasteiger charge is -2.21. The Morgan fingerprint density at radius 2 is 1.40 bits per heavy atom. The summed E-state index contributed by atoms with van der Waals surface area (Å²) in [5.41, 5.74) is 0.872. The van der Waals surface area contributed by atoms with Crippen molar-refractivity contribution in [2.45, 2.75) is 25.9 Å². The molecule has 0 aliphatic rings. The highest BCUT2D eigenvalue weighted by molar-refractivity contribution is 5.24. The zero-order valence-corrected chi connectivity index (χ0v) is 11.3. The number of hydrogen-bond acceptors (Lipinski definition) is 1. The van der Waals surface area contributed by atoms with E-state index in [0.717, 1.165) is 6.07 Å². The first kappa shape index (κ1) is 14.6. The molecule has 4 heteroatoms. The first-order chi connectivity index (χ1) is 9.49. The second-order valence-electron chi connectivity index (χ2n) is 4.80. The van der Waals surface area contributed by atoms with E-state index >= 15 is 0 Å². The molecule has 20 heavy (non-hydrogen) atoms. The SMILES string of the molecule is CC(NC(C)c1ccc(F)cc1F)c1ccccc1F. The summed E-state index contributed by atoms with van der Waals surface area (Å²) in [4.78, 5) is 0. The maximum absolute atomic E-state index is 13.7. The Morgan fingerprint density at radius 1 is 0.800 bits per heavy atom. The molecule has 2 atom stereocenters. The Bertz CT molecular complexity index is 598. The van der Waals surface area contributed by atoms with Crippen LogP contribution in [0.15, 0.2) is 42.5 Å². The minimum atomic E-state index is -0.611. The second kappa shape index (κ2) is 6.09. The topological polar surface area (TPSA) is 12.0 Å². The van der Waals surface area contributed by atoms with Crippen LogP contribution in [0.25, 0.3) is 0 Å². The van der Waals surface area contributed by atoms with Crippen LogP contribution in [0.5, 0.6) is 0 Å². The average Bonchev–Trinajstić information content (AvgIpc) is 2.38. The molecule has 0 spiro atoms. The summed E-state index contributed by atoms with van der Waals surface area (Å²) in [6.45, 7) is 3.56. The van der Waals surface area contributed by atoms with Crippen LogP contribution in [0, 0.1) is 17.5 Å². The van der Waals surface area contributed by atoms with Gasteiger partial charge in [-0.1, -0.05) is 24.3 Å². The summed E-state index contributed by atoms with van der Waals surface area (Å²) in [6, 6.07) is 9.26. The Morgan fingerprint density at radius 3 is 2.00 bits per heavy atom. The lowest BCUT2D eigenvalue weighted by atomic mass is 10.0. The van der Waals surface area contributed by atoms with E-state index in [-0.39, 0.29) is 17.9 Å². The van der Waals surface area contributed by atoms with Crippen LogP contribution < -0.4 is 5.32 Å². The normalized spacial score (nSPS) is 14.1. The molecule has 1 nitrogen and oxygen atoms in total. The zero-order chi connectivity index (χ0) is 14.7. The van der Waals surface area contributed by atoms with E-state index in [9.17, 15) is 13.2 Å². The van der Waals surface area contributed by atoms with Crippen molar-refractivity contribution in [2.24, 2.45) is 0 Å². The van der Waals surface area contributed by atoms with Crippen molar-refractivity contribution in [3.05, 3.63) is 71.0 Å². The van der Waals surface area contributed by atoms with Crippen molar-refractivity contribution in [3.63, 3.8) is 0 Å². The predicted molar refractivity (Wildman–Crippen MR) is 72.7 cm³/mol. The molecule has 0 fully saturated rings. The molecule has 1 N–H and O–H groups in total. The molecule has 2 aromatic rings. The van der Waals surface area contributed by atoms with Crippen LogP contribution in [0.1, 0.15) is 37.1 Å². The molecule has 0 aliphatic heterocycles. The van der Waals surface area contributed by atoms with Gasteiger partial charge in [0, 0.05) is 29.3 Å². The molecule has 0 radical (unpaired) electrons. The maximum atomic E-state index is 13.7. The molecule has 0 aromatic heterocycles. The smallest absolute Gasteiger partial charge is 0.130 e. The highest BCUT2D eigenvalue weighted by Crippen LogP contribution is 2.23. The van der Waals surface area contributed by atoms with E-state index in [1.54, 1.807) is 32.0 Å². The third-order valence-corrected chi connectivity index (χ3v) is 3.30. The first-order valence-corrected chi connectivity index (χ1v) is 6.44. The predicted octanol–water partition coefficient (Wildman–Crippen LogP) is 4.52. The monoisotopic (exact) mass is 279 g/mol. The van der Waals surface area contributed by atoms with Crippen molar-refractivity contribution < 1.29 is 13.2 Å². The van der Waals surface area contributed by atoms with Gasteiger partial charge < -0.3 is 5.32 Å². The highest BCUT2D eigenvalue weighted by atomic mass is 19.1. The summed E-state index contributed by atoms with van der Waals surface area (Å²) in [7, 11) is 0. The molecule has 2 unspecified atom stereocenters. The fraction of sp³-hybridized carbons (Fsp3) is 0.250. The van der Waals surface area contributed by atoms with Gasteiger partial charge >= 0.3 is 0 Å². The van der Waals surface area contributed by atoms with Crippen LogP contribution in [0.2, 0.25) is 0 Å². The van der Waals surface area contributed by atoms with Crippen LogP contribution in [0.4, 0.5) is 13.2 Å². The fourth-order valence-electron chi connectivity index (χ4n) is 2.23. The molecule has 2 aromatic carbocycles. The molecular weight excluding hydrogens is 263 g/mol. The van der Waals surface area contributed by atoms with Gasteiger partial charge in [-0.25, -0.2) is 13.2 Å². The zero-order valence-electron chi connectivity index (χ0n) is 11.3. The number of nitrogens with one attached hydrogen (secondary N) is 1. The second-order valence-corrected chi connectivity index (χ2v) is 4.80. The van der Waals surface area contributed by atoms with E-state index in [4.69, 9.17) is 0 Å². The maximum Gasteiger partial charge on any atom is 0.130 e. The van der Waals surface area contributed by atoms with E-state index in [1.165, 1.54) is 18.2 Å². The molecule has 0 heterocycles. The Kier molecular flexibility index (Phi) is 4.45. The number of rotatable bonds is 4. The Labute approximate surface area is 116 Å². The van der Waals surface area contributed by atoms with E-state index in [0.29, 0.717) is 11.1 Å². The van der Waals surface area contributed by atoms with Crippen LogP contribution in [-0.2, 0) is 0 Å². The third kappa shape index (κ3) is 3.20. The number of benzene rings is 2. The summed E-state index contributed by atoms with van der Waals surface area (Å²) >= 11 is 0.